The molecule has 3 aromatic carbocycles. The number of amides is 1. The van der Waals surface area contributed by atoms with Crippen molar-refractivity contribution in [1.82, 2.24) is 9.88 Å². The summed E-state index contributed by atoms with van der Waals surface area (Å²) < 4.78 is 26.0. The van der Waals surface area contributed by atoms with Crippen LogP contribution in [0, 0.1) is 5.82 Å². The Morgan fingerprint density at radius 2 is 1.81 bits per heavy atom. The lowest BCUT2D eigenvalue weighted by atomic mass is 9.93. The van der Waals surface area contributed by atoms with E-state index in [2.05, 4.69) is 4.98 Å². The van der Waals surface area contributed by atoms with E-state index in [1.807, 2.05) is 74.2 Å². The van der Waals surface area contributed by atoms with Gasteiger partial charge in [0.1, 0.15) is 29.5 Å². The summed E-state index contributed by atoms with van der Waals surface area (Å²) in [6.07, 6.45) is 3.96. The molecular formula is C30H29FN2O3. The van der Waals surface area contributed by atoms with Crippen molar-refractivity contribution in [3.05, 3.63) is 102 Å². The number of fused-ring (bicyclic) bond motifs is 2. The van der Waals surface area contributed by atoms with Gasteiger partial charge in [-0.15, -0.1) is 0 Å². The van der Waals surface area contributed by atoms with Gasteiger partial charge in [-0.1, -0.05) is 18.2 Å². The summed E-state index contributed by atoms with van der Waals surface area (Å²) in [5, 5.41) is 1.77. The average molecular weight is 485 g/mol. The van der Waals surface area contributed by atoms with E-state index in [0.717, 1.165) is 27.6 Å². The molecule has 0 spiro atoms. The lowest BCUT2D eigenvalue weighted by Crippen LogP contribution is -2.47. The second kappa shape index (κ2) is 9.61. The van der Waals surface area contributed by atoms with E-state index in [1.54, 1.807) is 24.5 Å². The molecule has 0 N–H and O–H groups in total. The van der Waals surface area contributed by atoms with Crippen LogP contribution < -0.4 is 9.47 Å². The molecule has 0 bridgehead atoms. The predicted octanol–water partition coefficient (Wildman–Crippen LogP) is 6.20. The number of ether oxygens (including phenoxy) is 2. The first kappa shape index (κ1) is 23.8. The SMILES string of the molecule is CC(C)(C)Oc1ccc(OCC2Cc3cc(F)ccc3CN2C(=O)c2cccc3cnccc23)cc1. The van der Waals surface area contributed by atoms with Crippen LogP contribution in [0.15, 0.2) is 79.1 Å². The monoisotopic (exact) mass is 484 g/mol. The van der Waals surface area contributed by atoms with E-state index in [4.69, 9.17) is 9.47 Å². The highest BCUT2D eigenvalue weighted by molar-refractivity contribution is 6.07. The summed E-state index contributed by atoms with van der Waals surface area (Å²) in [4.78, 5) is 19.9. The Hall–Kier alpha value is -3.93. The quantitative estimate of drug-likeness (QED) is 0.339. The first-order valence-corrected chi connectivity index (χ1v) is 12.1. The van der Waals surface area contributed by atoms with E-state index in [0.29, 0.717) is 24.3 Å². The Labute approximate surface area is 210 Å². The number of halogens is 1. The van der Waals surface area contributed by atoms with Gasteiger partial charge in [-0.3, -0.25) is 9.78 Å². The molecule has 4 aromatic rings. The van der Waals surface area contributed by atoms with E-state index in [1.165, 1.54) is 6.07 Å². The van der Waals surface area contributed by atoms with Gasteiger partial charge < -0.3 is 14.4 Å². The first-order valence-electron chi connectivity index (χ1n) is 12.1. The third kappa shape index (κ3) is 5.18. The van der Waals surface area contributed by atoms with Gasteiger partial charge in [-0.2, -0.15) is 0 Å². The summed E-state index contributed by atoms with van der Waals surface area (Å²) >= 11 is 0. The van der Waals surface area contributed by atoms with Crippen LogP contribution in [-0.2, 0) is 13.0 Å². The van der Waals surface area contributed by atoms with E-state index >= 15 is 0 Å². The van der Waals surface area contributed by atoms with E-state index in [9.17, 15) is 9.18 Å². The van der Waals surface area contributed by atoms with Crippen LogP contribution in [0.5, 0.6) is 11.5 Å². The summed E-state index contributed by atoms with van der Waals surface area (Å²) in [5.41, 5.74) is 2.19. The molecule has 36 heavy (non-hydrogen) atoms. The fourth-order valence-corrected chi connectivity index (χ4v) is 4.62. The standard InChI is InChI=1S/C30H29FN2O3/c1-30(2,3)36-26-11-9-25(10-12-26)35-19-24-16-22-15-23(31)8-7-21(22)18-33(24)29(34)28-6-4-5-20-17-32-14-13-27(20)28/h4-15,17,24H,16,18-19H2,1-3H3. The highest BCUT2D eigenvalue weighted by atomic mass is 19.1. The Morgan fingerprint density at radius 3 is 2.58 bits per heavy atom. The number of carbonyl (C=O) groups excluding carboxylic acids is 1. The van der Waals surface area contributed by atoms with Crippen molar-refractivity contribution in [3.63, 3.8) is 0 Å². The van der Waals surface area contributed by atoms with Crippen LogP contribution in [-0.4, -0.2) is 34.0 Å². The number of pyridine rings is 1. The molecule has 0 saturated carbocycles. The highest BCUT2D eigenvalue weighted by Crippen LogP contribution is 2.29. The normalized spacial score (nSPS) is 15.4. The maximum absolute atomic E-state index is 14.0. The molecule has 0 aliphatic carbocycles. The molecule has 0 saturated heterocycles. The third-order valence-corrected chi connectivity index (χ3v) is 6.27. The molecule has 2 heterocycles. The van der Waals surface area contributed by atoms with Crippen LogP contribution in [0.1, 0.15) is 42.3 Å². The minimum Gasteiger partial charge on any atom is -0.491 e. The molecular weight excluding hydrogens is 455 g/mol. The molecule has 6 heteroatoms. The van der Waals surface area contributed by atoms with Crippen LogP contribution in [0.2, 0.25) is 0 Å². The predicted molar refractivity (Wildman–Crippen MR) is 138 cm³/mol. The van der Waals surface area contributed by atoms with Crippen LogP contribution in [0.3, 0.4) is 0 Å². The largest absolute Gasteiger partial charge is 0.491 e. The zero-order valence-electron chi connectivity index (χ0n) is 20.7. The molecule has 1 aliphatic rings. The number of benzene rings is 3. The van der Waals surface area contributed by atoms with Crippen LogP contribution in [0.25, 0.3) is 10.8 Å². The zero-order valence-corrected chi connectivity index (χ0v) is 20.7. The van der Waals surface area contributed by atoms with Crippen LogP contribution in [0.4, 0.5) is 4.39 Å². The minimum absolute atomic E-state index is 0.0794. The second-order valence-corrected chi connectivity index (χ2v) is 10.1. The third-order valence-electron chi connectivity index (χ3n) is 6.27. The van der Waals surface area contributed by atoms with Crippen molar-refractivity contribution >= 4 is 16.7 Å². The summed E-state index contributed by atoms with van der Waals surface area (Å²) in [6.45, 7) is 6.67. The summed E-state index contributed by atoms with van der Waals surface area (Å²) in [5.74, 6) is 1.09. The summed E-state index contributed by atoms with van der Waals surface area (Å²) in [6, 6.07) is 19.5. The van der Waals surface area contributed by atoms with E-state index < -0.39 is 0 Å². The number of aromatic nitrogens is 1. The zero-order chi connectivity index (χ0) is 25.3. The Bertz CT molecular complexity index is 1390. The molecule has 5 nitrogen and oxygen atoms in total. The maximum atomic E-state index is 14.0. The molecule has 184 valence electrons. The van der Waals surface area contributed by atoms with Gasteiger partial charge in [0, 0.05) is 29.9 Å². The Morgan fingerprint density at radius 1 is 1.03 bits per heavy atom. The van der Waals surface area contributed by atoms with Gasteiger partial charge in [0.25, 0.3) is 5.91 Å². The highest BCUT2D eigenvalue weighted by Gasteiger charge is 2.32. The van der Waals surface area contributed by atoms with Crippen molar-refractivity contribution in [2.24, 2.45) is 0 Å². The topological polar surface area (TPSA) is 51.7 Å². The van der Waals surface area contributed by atoms with Crippen LogP contribution >= 0.6 is 0 Å². The number of carbonyl (C=O) groups is 1. The average Bonchev–Trinajstić information content (AvgIpc) is 2.86. The molecule has 1 aliphatic heterocycles. The van der Waals surface area contributed by atoms with Gasteiger partial charge in [-0.05, 0) is 92.2 Å². The fraction of sp³-hybridized carbons (Fsp3) is 0.267. The first-order chi connectivity index (χ1) is 17.3. The van der Waals surface area contributed by atoms with Crippen molar-refractivity contribution in [2.45, 2.75) is 45.4 Å². The molecule has 0 fully saturated rings. The number of rotatable bonds is 5. The fourth-order valence-electron chi connectivity index (χ4n) is 4.62. The Kier molecular flexibility index (Phi) is 6.35. The number of hydrogen-bond donors (Lipinski definition) is 0. The second-order valence-electron chi connectivity index (χ2n) is 10.1. The molecule has 5 rings (SSSR count). The molecule has 1 atom stereocenters. The number of nitrogens with zero attached hydrogens (tertiary/aromatic N) is 2. The maximum Gasteiger partial charge on any atom is 0.255 e. The smallest absolute Gasteiger partial charge is 0.255 e. The van der Waals surface area contributed by atoms with Gasteiger partial charge in [0.05, 0.1) is 6.04 Å². The van der Waals surface area contributed by atoms with Crippen molar-refractivity contribution in [1.29, 1.82) is 0 Å². The van der Waals surface area contributed by atoms with Gasteiger partial charge >= 0.3 is 0 Å². The molecule has 0 radical (unpaired) electrons. The lowest BCUT2D eigenvalue weighted by molar-refractivity contribution is 0.0568. The lowest BCUT2D eigenvalue weighted by Gasteiger charge is -2.37. The van der Waals surface area contributed by atoms with E-state index in [-0.39, 0.29) is 30.0 Å². The van der Waals surface area contributed by atoms with Gasteiger partial charge in [0.15, 0.2) is 0 Å². The molecule has 1 aromatic heterocycles. The Balaban J connectivity index is 1.41. The molecule has 1 unspecified atom stereocenters. The number of hydrogen-bond acceptors (Lipinski definition) is 4. The minimum atomic E-state index is -0.286. The van der Waals surface area contributed by atoms with Gasteiger partial charge in [0.2, 0.25) is 0 Å². The summed E-state index contributed by atoms with van der Waals surface area (Å²) in [7, 11) is 0. The van der Waals surface area contributed by atoms with Crippen molar-refractivity contribution in [3.8, 4) is 11.5 Å². The van der Waals surface area contributed by atoms with Gasteiger partial charge in [-0.25, -0.2) is 4.39 Å². The molecule has 1 amide bonds. The van der Waals surface area contributed by atoms with Crippen molar-refractivity contribution in [2.75, 3.05) is 6.61 Å². The van der Waals surface area contributed by atoms with Crippen molar-refractivity contribution < 1.29 is 18.7 Å².